The number of allylic oxidation sites excluding steroid dienone is 4. The fraction of sp³-hybridized carbons (Fsp3) is 0.878. The zero-order valence-corrected chi connectivity index (χ0v) is 30.7. The summed E-state index contributed by atoms with van der Waals surface area (Å²) >= 11 is 0. The van der Waals surface area contributed by atoms with Gasteiger partial charge in [0.25, 0.3) is 0 Å². The number of aliphatic hydroxyl groups is 3. The average Bonchev–Trinajstić information content (AvgIpc) is 3.06. The van der Waals surface area contributed by atoms with Gasteiger partial charge in [-0.25, -0.2) is 0 Å². The highest BCUT2D eigenvalue weighted by Gasteiger charge is 2.23. The van der Waals surface area contributed by atoms with Gasteiger partial charge in [0, 0.05) is 0 Å². The number of hydrogen-bond acceptors (Lipinski definition) is 4. The highest BCUT2D eigenvalue weighted by Crippen LogP contribution is 2.15. The molecule has 0 radical (unpaired) electrons. The summed E-state index contributed by atoms with van der Waals surface area (Å²) in [5.41, 5.74) is 0. The van der Waals surface area contributed by atoms with Gasteiger partial charge in [0.15, 0.2) is 0 Å². The van der Waals surface area contributed by atoms with Crippen molar-refractivity contribution in [3.63, 3.8) is 0 Å². The van der Waals surface area contributed by atoms with E-state index in [0.29, 0.717) is 12.8 Å². The topological polar surface area (TPSA) is 89.8 Å². The minimum Gasteiger partial charge on any atom is -0.394 e. The van der Waals surface area contributed by atoms with Gasteiger partial charge in [-0.15, -0.1) is 0 Å². The molecule has 0 saturated carbocycles. The van der Waals surface area contributed by atoms with Gasteiger partial charge in [-0.05, 0) is 44.9 Å². The second kappa shape index (κ2) is 36.7. The molecule has 0 heterocycles. The Morgan fingerprint density at radius 3 is 1.35 bits per heavy atom. The smallest absolute Gasteiger partial charge is 0.249 e. The number of hydrogen-bond donors (Lipinski definition) is 4. The molecule has 5 heteroatoms. The molecule has 272 valence electrons. The maximum absolute atomic E-state index is 12.4. The fourth-order valence-corrected chi connectivity index (χ4v) is 6.10. The first-order chi connectivity index (χ1) is 22.6. The van der Waals surface area contributed by atoms with Crippen LogP contribution < -0.4 is 5.32 Å². The molecule has 46 heavy (non-hydrogen) atoms. The molecule has 0 aliphatic rings. The number of unbranched alkanes of at least 4 members (excludes halogenated alkanes) is 24. The lowest BCUT2D eigenvalue weighted by molar-refractivity contribution is -0.131. The van der Waals surface area contributed by atoms with E-state index in [-0.39, 0.29) is 6.61 Å². The minimum absolute atomic E-state index is 0.316. The molecule has 1 amide bonds. The van der Waals surface area contributed by atoms with Gasteiger partial charge in [-0.3, -0.25) is 4.79 Å². The van der Waals surface area contributed by atoms with Crippen molar-refractivity contribution < 1.29 is 20.1 Å². The summed E-state index contributed by atoms with van der Waals surface area (Å²) < 4.78 is 0. The average molecular weight is 650 g/mol. The highest BCUT2D eigenvalue weighted by molar-refractivity contribution is 5.80. The van der Waals surface area contributed by atoms with Gasteiger partial charge in [-0.2, -0.15) is 0 Å². The fourth-order valence-electron chi connectivity index (χ4n) is 6.10. The van der Waals surface area contributed by atoms with E-state index in [1.807, 2.05) is 0 Å². The zero-order valence-electron chi connectivity index (χ0n) is 30.7. The van der Waals surface area contributed by atoms with Crippen LogP contribution in [0, 0.1) is 0 Å². The monoisotopic (exact) mass is 650 g/mol. The predicted octanol–water partition coefficient (Wildman–Crippen LogP) is 11.0. The molecule has 3 unspecified atom stereocenters. The van der Waals surface area contributed by atoms with Gasteiger partial charge in [-0.1, -0.05) is 186 Å². The number of carbonyl (C=O) groups excluding carboxylic acids is 1. The normalized spacial score (nSPS) is 13.9. The van der Waals surface area contributed by atoms with Crippen molar-refractivity contribution in [3.8, 4) is 0 Å². The molecule has 4 N–H and O–H groups in total. The number of amides is 1. The number of aliphatic hydroxyl groups excluding tert-OH is 3. The highest BCUT2D eigenvalue weighted by atomic mass is 16.3. The van der Waals surface area contributed by atoms with E-state index in [4.69, 9.17) is 0 Å². The maximum atomic E-state index is 12.4. The largest absolute Gasteiger partial charge is 0.394 e. The third-order valence-electron chi connectivity index (χ3n) is 9.32. The van der Waals surface area contributed by atoms with E-state index < -0.39 is 24.2 Å². The van der Waals surface area contributed by atoms with Crippen LogP contribution in [-0.2, 0) is 4.79 Å². The van der Waals surface area contributed by atoms with Crippen LogP contribution in [0.2, 0.25) is 0 Å². The lowest BCUT2D eigenvalue weighted by Gasteiger charge is -2.23. The van der Waals surface area contributed by atoms with Crippen molar-refractivity contribution in [1.29, 1.82) is 0 Å². The minimum atomic E-state index is -1.08. The summed E-state index contributed by atoms with van der Waals surface area (Å²) in [6, 6.07) is -0.714. The Hall–Kier alpha value is -1.17. The molecule has 0 aromatic carbocycles. The Kier molecular flexibility index (Phi) is 35.7. The van der Waals surface area contributed by atoms with Gasteiger partial charge >= 0.3 is 0 Å². The first-order valence-corrected chi connectivity index (χ1v) is 20.1. The summed E-state index contributed by atoms with van der Waals surface area (Å²) in [5.74, 6) is -0.479. The zero-order chi connectivity index (χ0) is 33.8. The van der Waals surface area contributed by atoms with E-state index >= 15 is 0 Å². The van der Waals surface area contributed by atoms with Crippen molar-refractivity contribution >= 4 is 5.91 Å². The molecule has 0 aromatic heterocycles. The molecule has 0 saturated heterocycles. The number of carbonyl (C=O) groups is 1. The first kappa shape index (κ1) is 44.8. The van der Waals surface area contributed by atoms with Crippen LogP contribution in [0.15, 0.2) is 24.3 Å². The molecule has 3 atom stereocenters. The quantitative estimate of drug-likeness (QED) is 0.0401. The number of rotatable bonds is 36. The Labute approximate surface area is 286 Å². The van der Waals surface area contributed by atoms with E-state index in [9.17, 15) is 20.1 Å². The van der Waals surface area contributed by atoms with Crippen molar-refractivity contribution in [1.82, 2.24) is 5.32 Å². The standard InChI is InChI=1S/C41H79NO4/c1-3-5-7-9-11-13-15-17-19-21-23-25-27-29-31-33-35-39(44)38(37-43)42-41(46)40(45)36-34-32-30-28-26-24-22-20-18-16-14-12-10-8-6-4-2/h12,14,18,20,38-40,43-45H,3-11,13,15-17,19,21-37H2,1-2H3,(H,42,46)/b14-12-,20-18-. The molecule has 0 spiro atoms. The van der Waals surface area contributed by atoms with Crippen molar-refractivity contribution in [2.75, 3.05) is 6.61 Å². The third kappa shape index (κ3) is 31.4. The summed E-state index contributed by atoms with van der Waals surface area (Å²) in [6.45, 7) is 4.20. The van der Waals surface area contributed by atoms with Crippen LogP contribution in [0.4, 0.5) is 0 Å². The van der Waals surface area contributed by atoms with Gasteiger partial charge in [0.05, 0.1) is 18.8 Å². The van der Waals surface area contributed by atoms with Gasteiger partial charge in [0.1, 0.15) is 6.10 Å². The molecule has 0 aliphatic carbocycles. The molecule has 0 bridgehead atoms. The van der Waals surface area contributed by atoms with Crippen LogP contribution in [0.1, 0.15) is 206 Å². The molecular weight excluding hydrogens is 570 g/mol. The Bertz CT molecular complexity index is 679. The van der Waals surface area contributed by atoms with Crippen molar-refractivity contribution in [2.24, 2.45) is 0 Å². The molecule has 0 rings (SSSR count). The van der Waals surface area contributed by atoms with E-state index in [0.717, 1.165) is 44.9 Å². The van der Waals surface area contributed by atoms with E-state index in [1.165, 1.54) is 135 Å². The first-order valence-electron chi connectivity index (χ1n) is 20.1. The summed E-state index contributed by atoms with van der Waals surface area (Å²) in [4.78, 5) is 12.4. The van der Waals surface area contributed by atoms with E-state index in [2.05, 4.69) is 43.5 Å². The van der Waals surface area contributed by atoms with Crippen LogP contribution in [0.3, 0.4) is 0 Å². The van der Waals surface area contributed by atoms with Crippen molar-refractivity contribution in [3.05, 3.63) is 24.3 Å². The molecule has 0 aliphatic heterocycles. The predicted molar refractivity (Wildman–Crippen MR) is 199 cm³/mol. The summed E-state index contributed by atoms with van der Waals surface area (Å²) in [7, 11) is 0. The van der Waals surface area contributed by atoms with E-state index in [1.54, 1.807) is 0 Å². The lowest BCUT2D eigenvalue weighted by Crippen LogP contribution is -2.49. The summed E-state index contributed by atoms with van der Waals surface area (Å²) in [5, 5.41) is 33.2. The Morgan fingerprint density at radius 1 is 0.522 bits per heavy atom. The van der Waals surface area contributed by atoms with Crippen LogP contribution in [0.5, 0.6) is 0 Å². The lowest BCUT2D eigenvalue weighted by atomic mass is 10.0. The number of nitrogens with one attached hydrogen (secondary N) is 1. The summed E-state index contributed by atoms with van der Waals surface area (Å²) in [6.07, 6.45) is 43.0. The van der Waals surface area contributed by atoms with Gasteiger partial charge in [0.2, 0.25) is 5.91 Å². The van der Waals surface area contributed by atoms with Crippen LogP contribution in [-0.4, -0.2) is 46.1 Å². The maximum Gasteiger partial charge on any atom is 0.249 e. The second-order valence-corrected chi connectivity index (χ2v) is 13.8. The SMILES string of the molecule is CCCCC/C=C\C/C=C\CCCCCCCCC(O)C(=O)NC(CO)C(O)CCCCCCCCCCCCCCCCCC. The molecule has 5 nitrogen and oxygen atoms in total. The molecular formula is C41H79NO4. The second-order valence-electron chi connectivity index (χ2n) is 13.8. The Morgan fingerprint density at radius 2 is 0.891 bits per heavy atom. The van der Waals surface area contributed by atoms with Crippen molar-refractivity contribution in [2.45, 2.75) is 225 Å². The van der Waals surface area contributed by atoms with Gasteiger partial charge < -0.3 is 20.6 Å². The third-order valence-corrected chi connectivity index (χ3v) is 9.32. The van der Waals surface area contributed by atoms with Crippen LogP contribution in [0.25, 0.3) is 0 Å². The molecule has 0 fully saturated rings. The van der Waals surface area contributed by atoms with Crippen LogP contribution >= 0.6 is 0 Å². The Balaban J connectivity index is 3.68. The molecule has 0 aromatic rings.